The van der Waals surface area contributed by atoms with Crippen LogP contribution in [0.25, 0.3) is 0 Å². The zero-order valence-corrected chi connectivity index (χ0v) is 12.5. The molecule has 0 aliphatic carbocycles. The molecule has 1 aromatic heterocycles. The third kappa shape index (κ3) is 2.91. The van der Waals surface area contributed by atoms with Crippen LogP contribution in [0.4, 0.5) is 13.2 Å². The van der Waals surface area contributed by atoms with E-state index in [9.17, 15) is 26.4 Å². The Hall–Kier alpha value is -1.72. The number of aromatic nitrogens is 1. The predicted molar refractivity (Wildman–Crippen MR) is 72.6 cm³/mol. The van der Waals surface area contributed by atoms with Crippen molar-refractivity contribution in [1.82, 2.24) is 19.9 Å². The molecule has 126 valence electrons. The van der Waals surface area contributed by atoms with Gasteiger partial charge in [-0.3, -0.25) is 9.78 Å². The Balaban J connectivity index is 1.59. The van der Waals surface area contributed by atoms with Gasteiger partial charge < -0.3 is 10.6 Å². The predicted octanol–water partition coefficient (Wildman–Crippen LogP) is -0.0516. The maximum atomic E-state index is 12.4. The molecule has 1 amide bonds. The van der Waals surface area contributed by atoms with E-state index in [0.29, 0.717) is 13.1 Å². The van der Waals surface area contributed by atoms with E-state index < -0.39 is 40.6 Å². The minimum atomic E-state index is -5.32. The molecule has 1 fully saturated rings. The van der Waals surface area contributed by atoms with Crippen LogP contribution in [0.2, 0.25) is 0 Å². The van der Waals surface area contributed by atoms with E-state index in [0.717, 1.165) is 11.1 Å². The van der Waals surface area contributed by atoms with Gasteiger partial charge in [0.15, 0.2) is 0 Å². The minimum Gasteiger partial charge on any atom is -0.345 e. The second-order valence-electron chi connectivity index (χ2n) is 5.38. The van der Waals surface area contributed by atoms with Gasteiger partial charge >= 0.3 is 15.5 Å². The molecule has 0 spiro atoms. The van der Waals surface area contributed by atoms with Gasteiger partial charge in [0.25, 0.3) is 5.91 Å². The number of nitrogens with zero attached hydrogens (tertiary/aromatic N) is 2. The van der Waals surface area contributed by atoms with E-state index in [4.69, 9.17) is 0 Å². The Bertz CT molecular complexity index is 744. The van der Waals surface area contributed by atoms with E-state index in [1.54, 1.807) is 12.3 Å². The highest BCUT2D eigenvalue weighted by molar-refractivity contribution is 7.90. The number of alkyl halides is 3. The smallest absolute Gasteiger partial charge is 0.345 e. The zero-order chi connectivity index (χ0) is 16.8. The van der Waals surface area contributed by atoms with E-state index >= 15 is 0 Å². The van der Waals surface area contributed by atoms with E-state index in [2.05, 4.69) is 15.6 Å². The molecule has 2 N–H and O–H groups in total. The number of halogens is 3. The molecule has 0 saturated carbocycles. The minimum absolute atomic E-state index is 0.157. The number of sulfonamides is 1. The fourth-order valence-electron chi connectivity index (χ4n) is 2.44. The first-order valence-corrected chi connectivity index (χ1v) is 8.18. The van der Waals surface area contributed by atoms with Crippen LogP contribution in [0.3, 0.4) is 0 Å². The molecule has 0 atom stereocenters. The van der Waals surface area contributed by atoms with E-state index in [1.165, 1.54) is 0 Å². The molecule has 0 unspecified atom stereocenters. The van der Waals surface area contributed by atoms with Crippen LogP contribution in [-0.2, 0) is 23.1 Å². The van der Waals surface area contributed by atoms with Crippen LogP contribution in [0, 0.1) is 0 Å². The maximum absolute atomic E-state index is 12.4. The molecule has 23 heavy (non-hydrogen) atoms. The van der Waals surface area contributed by atoms with Crippen LogP contribution in [0.15, 0.2) is 12.3 Å². The van der Waals surface area contributed by atoms with Crippen LogP contribution >= 0.6 is 0 Å². The highest BCUT2D eigenvalue weighted by Gasteiger charge is 2.53. The summed E-state index contributed by atoms with van der Waals surface area (Å²) in [5.74, 6) is -0.534. The van der Waals surface area contributed by atoms with Crippen molar-refractivity contribution in [2.45, 2.75) is 24.6 Å². The first kappa shape index (κ1) is 16.1. The van der Waals surface area contributed by atoms with Crippen molar-refractivity contribution in [3.63, 3.8) is 0 Å². The van der Waals surface area contributed by atoms with Crippen molar-refractivity contribution >= 4 is 15.9 Å². The quantitative estimate of drug-likeness (QED) is 0.798. The average molecular weight is 350 g/mol. The highest BCUT2D eigenvalue weighted by atomic mass is 32.2. The second kappa shape index (κ2) is 5.42. The van der Waals surface area contributed by atoms with Crippen LogP contribution < -0.4 is 10.6 Å². The monoisotopic (exact) mass is 350 g/mol. The van der Waals surface area contributed by atoms with Gasteiger partial charge in [-0.05, 0) is 17.2 Å². The largest absolute Gasteiger partial charge is 0.511 e. The van der Waals surface area contributed by atoms with Crippen molar-refractivity contribution in [3.8, 4) is 0 Å². The Kier molecular flexibility index (Phi) is 3.81. The Morgan fingerprint density at radius 3 is 2.61 bits per heavy atom. The van der Waals surface area contributed by atoms with Crippen molar-refractivity contribution in [2.75, 3.05) is 13.1 Å². The Morgan fingerprint density at radius 1 is 1.30 bits per heavy atom. The van der Waals surface area contributed by atoms with Crippen LogP contribution in [0.5, 0.6) is 0 Å². The third-order valence-corrected chi connectivity index (χ3v) is 5.33. The number of fused-ring (bicyclic) bond motifs is 1. The molecule has 0 aromatic carbocycles. The number of hydrogen-bond acceptors (Lipinski definition) is 5. The number of rotatable bonds is 3. The summed E-state index contributed by atoms with van der Waals surface area (Å²) in [4.78, 5) is 16.0. The summed E-state index contributed by atoms with van der Waals surface area (Å²) in [7, 11) is -5.32. The lowest BCUT2D eigenvalue weighted by Crippen LogP contribution is -2.62. The molecule has 0 bridgehead atoms. The molecule has 1 aromatic rings. The molecule has 2 aliphatic heterocycles. The summed E-state index contributed by atoms with van der Waals surface area (Å²) in [5, 5.41) is 5.58. The van der Waals surface area contributed by atoms with E-state index in [1.807, 2.05) is 0 Å². The summed E-state index contributed by atoms with van der Waals surface area (Å²) in [6.45, 7) is 0.496. The molecule has 1 saturated heterocycles. The molecule has 3 rings (SSSR count). The molecule has 0 radical (unpaired) electrons. The maximum Gasteiger partial charge on any atom is 0.511 e. The first-order valence-electron chi connectivity index (χ1n) is 6.74. The second-order valence-corrected chi connectivity index (χ2v) is 7.31. The van der Waals surface area contributed by atoms with Gasteiger partial charge in [0.05, 0.1) is 6.04 Å². The molecule has 2 aliphatic rings. The number of hydrogen-bond donors (Lipinski definition) is 2. The van der Waals surface area contributed by atoms with Gasteiger partial charge in [-0.25, -0.2) is 8.42 Å². The van der Waals surface area contributed by atoms with Gasteiger partial charge in [-0.15, -0.1) is 0 Å². The molecular weight excluding hydrogens is 337 g/mol. The standard InChI is InChI=1S/C12H13F3N4O3S/c13-12(14,15)23(21,22)19-5-9(6-19)18-11(20)10-1-7-2-16-3-8(7)4-17-10/h1,4,9,16H,2-3,5-6H2,(H,18,20). The van der Waals surface area contributed by atoms with Crippen LogP contribution in [0.1, 0.15) is 21.6 Å². The van der Waals surface area contributed by atoms with Gasteiger partial charge in [-0.1, -0.05) is 0 Å². The lowest BCUT2D eigenvalue weighted by atomic mass is 10.1. The average Bonchev–Trinajstić information content (AvgIpc) is 2.87. The van der Waals surface area contributed by atoms with Crippen molar-refractivity contribution < 1.29 is 26.4 Å². The number of carbonyl (C=O) groups is 1. The number of amides is 1. The fourth-order valence-corrected chi connectivity index (χ4v) is 3.48. The zero-order valence-electron chi connectivity index (χ0n) is 11.7. The summed E-state index contributed by atoms with van der Waals surface area (Å²) < 4.78 is 59.6. The van der Waals surface area contributed by atoms with E-state index in [-0.39, 0.29) is 10.00 Å². The van der Waals surface area contributed by atoms with Crippen LogP contribution in [-0.4, -0.2) is 48.3 Å². The van der Waals surface area contributed by atoms with Crippen molar-refractivity contribution in [1.29, 1.82) is 0 Å². The molecule has 3 heterocycles. The summed E-state index contributed by atoms with van der Waals surface area (Å²) in [5.41, 5.74) is -3.23. The Morgan fingerprint density at radius 2 is 1.96 bits per heavy atom. The molecule has 7 nitrogen and oxygen atoms in total. The number of carbonyl (C=O) groups excluding carboxylic acids is 1. The summed E-state index contributed by atoms with van der Waals surface area (Å²) in [6.07, 6.45) is 1.57. The lowest BCUT2D eigenvalue weighted by Gasteiger charge is -2.38. The van der Waals surface area contributed by atoms with Crippen molar-refractivity contribution in [3.05, 3.63) is 29.1 Å². The van der Waals surface area contributed by atoms with Gasteiger partial charge in [-0.2, -0.15) is 17.5 Å². The number of pyridine rings is 1. The van der Waals surface area contributed by atoms with Gasteiger partial charge in [0.2, 0.25) is 0 Å². The van der Waals surface area contributed by atoms with Crippen molar-refractivity contribution in [2.24, 2.45) is 0 Å². The molecular formula is C12H13F3N4O3S. The SMILES string of the molecule is O=C(NC1CN(S(=O)(=O)C(F)(F)F)C1)c1cc2c(cn1)CNC2. The summed E-state index contributed by atoms with van der Waals surface area (Å²) in [6, 6.07) is 0.959. The normalized spacial score (nSPS) is 19.3. The fraction of sp³-hybridized carbons (Fsp3) is 0.500. The number of nitrogens with one attached hydrogen (secondary N) is 2. The first-order chi connectivity index (χ1) is 10.7. The topological polar surface area (TPSA) is 91.4 Å². The summed E-state index contributed by atoms with van der Waals surface area (Å²) >= 11 is 0. The van der Waals surface area contributed by atoms with Gasteiger partial charge in [0.1, 0.15) is 5.69 Å². The highest BCUT2D eigenvalue weighted by Crippen LogP contribution is 2.29. The third-order valence-electron chi connectivity index (χ3n) is 3.76. The van der Waals surface area contributed by atoms with Gasteiger partial charge in [0, 0.05) is 32.4 Å². The molecule has 11 heteroatoms. The Labute approximate surface area is 129 Å². The lowest BCUT2D eigenvalue weighted by molar-refractivity contribution is -0.0512.